The Bertz CT molecular complexity index is 192. The highest BCUT2D eigenvalue weighted by Gasteiger charge is 2.28. The summed E-state index contributed by atoms with van der Waals surface area (Å²) in [6.07, 6.45) is 3.62. The molecule has 0 aromatic carbocycles. The second-order valence-electron chi connectivity index (χ2n) is 4.62. The lowest BCUT2D eigenvalue weighted by molar-refractivity contribution is -0.148. The first kappa shape index (κ1) is 11.5. The lowest BCUT2D eigenvalue weighted by Gasteiger charge is -2.10. The Balaban J connectivity index is 2.15. The highest BCUT2D eigenvalue weighted by Crippen LogP contribution is 2.25. The Morgan fingerprint density at radius 1 is 1.50 bits per heavy atom. The van der Waals surface area contributed by atoms with Gasteiger partial charge in [-0.2, -0.15) is 0 Å². The van der Waals surface area contributed by atoms with E-state index >= 15 is 0 Å². The molecule has 3 heteroatoms. The number of hydrogen-bond donors (Lipinski definition) is 1. The average molecular weight is 199 g/mol. The topological polar surface area (TPSA) is 52.3 Å². The van der Waals surface area contributed by atoms with E-state index in [9.17, 15) is 4.79 Å². The van der Waals surface area contributed by atoms with Gasteiger partial charge in [0.25, 0.3) is 0 Å². The fraction of sp³-hybridized carbons (Fsp3) is 0.909. The first-order chi connectivity index (χ1) is 6.59. The number of hydrogen-bond acceptors (Lipinski definition) is 3. The van der Waals surface area contributed by atoms with E-state index in [1.807, 2.05) is 0 Å². The quantitative estimate of drug-likeness (QED) is 0.701. The molecule has 0 saturated heterocycles. The van der Waals surface area contributed by atoms with E-state index in [1.54, 1.807) is 0 Å². The van der Waals surface area contributed by atoms with E-state index in [-0.39, 0.29) is 17.9 Å². The first-order valence-electron chi connectivity index (χ1n) is 5.51. The molecule has 0 aromatic rings. The number of ether oxygens (including phenoxy) is 1. The average Bonchev–Trinajstić information content (AvgIpc) is 2.51. The normalized spacial score (nSPS) is 26.9. The van der Waals surface area contributed by atoms with Crippen molar-refractivity contribution in [1.82, 2.24) is 0 Å². The zero-order valence-electron chi connectivity index (χ0n) is 9.16. The van der Waals surface area contributed by atoms with Gasteiger partial charge in [0.05, 0.1) is 12.5 Å². The molecule has 0 bridgehead atoms. The molecular formula is C11H21NO2. The molecule has 0 heterocycles. The molecule has 3 nitrogen and oxygen atoms in total. The first-order valence-corrected chi connectivity index (χ1v) is 5.51. The fourth-order valence-electron chi connectivity index (χ4n) is 1.74. The second kappa shape index (κ2) is 5.35. The Morgan fingerprint density at radius 2 is 2.21 bits per heavy atom. The number of nitrogens with two attached hydrogens (primary N) is 1. The summed E-state index contributed by atoms with van der Waals surface area (Å²) < 4.78 is 5.19. The van der Waals surface area contributed by atoms with Gasteiger partial charge in [-0.25, -0.2) is 0 Å². The van der Waals surface area contributed by atoms with Crippen molar-refractivity contribution in [2.24, 2.45) is 17.6 Å². The molecule has 2 N–H and O–H groups in total. The van der Waals surface area contributed by atoms with Crippen LogP contribution in [0.5, 0.6) is 0 Å². The van der Waals surface area contributed by atoms with Crippen LogP contribution >= 0.6 is 0 Å². The summed E-state index contributed by atoms with van der Waals surface area (Å²) in [6.45, 7) is 4.81. The molecule has 82 valence electrons. The second-order valence-corrected chi connectivity index (χ2v) is 4.62. The highest BCUT2D eigenvalue weighted by molar-refractivity contribution is 5.72. The summed E-state index contributed by atoms with van der Waals surface area (Å²) >= 11 is 0. The van der Waals surface area contributed by atoms with Crippen LogP contribution in [0.15, 0.2) is 0 Å². The molecule has 1 fully saturated rings. The van der Waals surface area contributed by atoms with Gasteiger partial charge in [0.15, 0.2) is 0 Å². The van der Waals surface area contributed by atoms with E-state index in [0.717, 1.165) is 25.7 Å². The Morgan fingerprint density at radius 3 is 2.71 bits per heavy atom. The molecule has 0 aromatic heterocycles. The number of carbonyl (C=O) groups is 1. The molecule has 0 spiro atoms. The van der Waals surface area contributed by atoms with Crippen LogP contribution in [0.2, 0.25) is 0 Å². The van der Waals surface area contributed by atoms with Gasteiger partial charge in [-0.1, -0.05) is 13.8 Å². The van der Waals surface area contributed by atoms with E-state index < -0.39 is 0 Å². The van der Waals surface area contributed by atoms with Gasteiger partial charge < -0.3 is 10.5 Å². The van der Waals surface area contributed by atoms with Gasteiger partial charge in [-0.3, -0.25) is 4.79 Å². The van der Waals surface area contributed by atoms with Gasteiger partial charge in [0, 0.05) is 6.04 Å². The summed E-state index contributed by atoms with van der Waals surface area (Å²) in [5.41, 5.74) is 5.73. The summed E-state index contributed by atoms with van der Waals surface area (Å²) in [5.74, 6) is 0.615. The van der Waals surface area contributed by atoms with Gasteiger partial charge in [0.2, 0.25) is 0 Å². The van der Waals surface area contributed by atoms with Gasteiger partial charge in [0.1, 0.15) is 0 Å². The summed E-state index contributed by atoms with van der Waals surface area (Å²) in [5, 5.41) is 0. The van der Waals surface area contributed by atoms with Crippen LogP contribution < -0.4 is 5.73 Å². The van der Waals surface area contributed by atoms with Crippen molar-refractivity contribution in [3.8, 4) is 0 Å². The highest BCUT2D eigenvalue weighted by atomic mass is 16.5. The van der Waals surface area contributed by atoms with Crippen LogP contribution in [0, 0.1) is 11.8 Å². The number of carbonyl (C=O) groups excluding carboxylic acids is 1. The third kappa shape index (κ3) is 3.66. The molecule has 0 radical (unpaired) electrons. The van der Waals surface area contributed by atoms with Gasteiger partial charge in [-0.15, -0.1) is 0 Å². The molecule has 2 atom stereocenters. The van der Waals surface area contributed by atoms with Crippen molar-refractivity contribution in [2.45, 2.75) is 45.6 Å². The monoisotopic (exact) mass is 199 g/mol. The smallest absolute Gasteiger partial charge is 0.308 e. The standard InChI is InChI=1S/C11H21NO2/c1-8(2)5-6-14-11(13)9-3-4-10(12)7-9/h8-10H,3-7,12H2,1-2H3. The largest absolute Gasteiger partial charge is 0.465 e. The third-order valence-corrected chi connectivity index (χ3v) is 2.75. The Kier molecular flexibility index (Phi) is 4.39. The number of esters is 1. The molecule has 0 amide bonds. The predicted molar refractivity (Wildman–Crippen MR) is 55.7 cm³/mol. The SMILES string of the molecule is CC(C)CCOC(=O)C1CCC(N)C1. The molecule has 0 aliphatic heterocycles. The van der Waals surface area contributed by atoms with E-state index in [4.69, 9.17) is 10.5 Å². The fourth-order valence-corrected chi connectivity index (χ4v) is 1.74. The summed E-state index contributed by atoms with van der Waals surface area (Å²) in [7, 11) is 0. The molecule has 1 rings (SSSR count). The van der Waals surface area contributed by atoms with Crippen LogP contribution in [-0.4, -0.2) is 18.6 Å². The van der Waals surface area contributed by atoms with Gasteiger partial charge in [-0.05, 0) is 31.6 Å². The molecule has 1 aliphatic rings. The minimum absolute atomic E-state index is 0.0430. The van der Waals surface area contributed by atoms with Crippen molar-refractivity contribution in [1.29, 1.82) is 0 Å². The molecular weight excluding hydrogens is 178 g/mol. The van der Waals surface area contributed by atoms with E-state index in [0.29, 0.717) is 12.5 Å². The van der Waals surface area contributed by atoms with Crippen LogP contribution in [0.4, 0.5) is 0 Å². The summed E-state index contributed by atoms with van der Waals surface area (Å²) in [4.78, 5) is 11.5. The van der Waals surface area contributed by atoms with Crippen LogP contribution in [-0.2, 0) is 9.53 Å². The van der Waals surface area contributed by atoms with E-state index in [1.165, 1.54) is 0 Å². The minimum atomic E-state index is -0.0430. The zero-order chi connectivity index (χ0) is 10.6. The van der Waals surface area contributed by atoms with Crippen LogP contribution in [0.3, 0.4) is 0 Å². The van der Waals surface area contributed by atoms with Crippen molar-refractivity contribution < 1.29 is 9.53 Å². The predicted octanol–water partition coefficient (Wildman–Crippen LogP) is 1.70. The Hall–Kier alpha value is -0.570. The molecule has 14 heavy (non-hydrogen) atoms. The van der Waals surface area contributed by atoms with Crippen molar-refractivity contribution in [3.63, 3.8) is 0 Å². The van der Waals surface area contributed by atoms with Crippen molar-refractivity contribution in [2.75, 3.05) is 6.61 Å². The number of rotatable bonds is 4. The third-order valence-electron chi connectivity index (χ3n) is 2.75. The molecule has 2 unspecified atom stereocenters. The van der Waals surface area contributed by atoms with E-state index in [2.05, 4.69) is 13.8 Å². The maximum absolute atomic E-state index is 11.5. The molecule has 1 saturated carbocycles. The van der Waals surface area contributed by atoms with Crippen LogP contribution in [0.1, 0.15) is 39.5 Å². The lowest BCUT2D eigenvalue weighted by atomic mass is 10.1. The maximum Gasteiger partial charge on any atom is 0.308 e. The van der Waals surface area contributed by atoms with Crippen molar-refractivity contribution >= 4 is 5.97 Å². The summed E-state index contributed by atoms with van der Waals surface area (Å²) in [6, 6.07) is 0.206. The zero-order valence-corrected chi connectivity index (χ0v) is 9.16. The van der Waals surface area contributed by atoms with Crippen LogP contribution in [0.25, 0.3) is 0 Å². The lowest BCUT2D eigenvalue weighted by Crippen LogP contribution is -2.20. The van der Waals surface area contributed by atoms with Gasteiger partial charge >= 0.3 is 5.97 Å². The molecule has 1 aliphatic carbocycles. The Labute approximate surface area is 86.0 Å². The van der Waals surface area contributed by atoms with Crippen molar-refractivity contribution in [3.05, 3.63) is 0 Å². The maximum atomic E-state index is 11.5. The minimum Gasteiger partial charge on any atom is -0.465 e.